The first-order chi connectivity index (χ1) is 8.61. The Morgan fingerprint density at radius 1 is 1.33 bits per heavy atom. The van der Waals surface area contributed by atoms with Gasteiger partial charge in [-0.3, -0.25) is 0 Å². The van der Waals surface area contributed by atoms with Crippen LogP contribution in [-0.2, 0) is 12.0 Å². The SMILES string of the molecule is CC1(c2ccc(F)cc2F)NCCc2[nH]cnc21. The molecule has 3 nitrogen and oxygen atoms in total. The van der Waals surface area contributed by atoms with Crippen molar-refractivity contribution >= 4 is 0 Å². The summed E-state index contributed by atoms with van der Waals surface area (Å²) < 4.78 is 27.0. The lowest BCUT2D eigenvalue weighted by Crippen LogP contribution is -2.46. The highest BCUT2D eigenvalue weighted by Crippen LogP contribution is 2.34. The highest BCUT2D eigenvalue weighted by molar-refractivity contribution is 5.39. The Balaban J connectivity index is 2.17. The molecule has 0 spiro atoms. The van der Waals surface area contributed by atoms with Gasteiger partial charge in [-0.15, -0.1) is 0 Å². The lowest BCUT2D eigenvalue weighted by atomic mass is 9.84. The van der Waals surface area contributed by atoms with Crippen LogP contribution in [0.25, 0.3) is 0 Å². The fourth-order valence-electron chi connectivity index (χ4n) is 2.58. The van der Waals surface area contributed by atoms with Gasteiger partial charge in [0.1, 0.15) is 11.6 Å². The van der Waals surface area contributed by atoms with Crippen LogP contribution in [0.3, 0.4) is 0 Å². The zero-order valence-corrected chi connectivity index (χ0v) is 9.93. The number of imidazole rings is 1. The molecule has 1 aliphatic rings. The predicted molar refractivity (Wildman–Crippen MR) is 63.1 cm³/mol. The van der Waals surface area contributed by atoms with Crippen LogP contribution in [0.4, 0.5) is 8.78 Å². The third-order valence-corrected chi connectivity index (χ3v) is 3.52. The summed E-state index contributed by atoms with van der Waals surface area (Å²) >= 11 is 0. The largest absolute Gasteiger partial charge is 0.348 e. The van der Waals surface area contributed by atoms with Gasteiger partial charge in [0.15, 0.2) is 0 Å². The Kier molecular flexibility index (Phi) is 2.45. The average molecular weight is 249 g/mol. The molecule has 0 saturated heterocycles. The lowest BCUT2D eigenvalue weighted by molar-refractivity contribution is 0.385. The van der Waals surface area contributed by atoms with Gasteiger partial charge in [0.25, 0.3) is 0 Å². The standard InChI is InChI=1S/C13H13F2N3/c1-13(9-3-2-8(14)6-10(9)15)12-11(4-5-18-13)16-7-17-12/h2-3,6-7,18H,4-5H2,1H3,(H,16,17). The molecule has 1 aromatic carbocycles. The van der Waals surface area contributed by atoms with E-state index in [9.17, 15) is 8.78 Å². The second-order valence-corrected chi connectivity index (χ2v) is 4.66. The minimum absolute atomic E-state index is 0.414. The van der Waals surface area contributed by atoms with Crippen molar-refractivity contribution in [2.45, 2.75) is 18.9 Å². The van der Waals surface area contributed by atoms with Crippen molar-refractivity contribution in [2.24, 2.45) is 0 Å². The first-order valence-corrected chi connectivity index (χ1v) is 5.84. The molecule has 18 heavy (non-hydrogen) atoms. The molecule has 2 heterocycles. The summed E-state index contributed by atoms with van der Waals surface area (Å²) in [4.78, 5) is 7.34. The van der Waals surface area contributed by atoms with Crippen molar-refractivity contribution < 1.29 is 8.78 Å². The van der Waals surface area contributed by atoms with Crippen LogP contribution in [0.15, 0.2) is 24.5 Å². The van der Waals surface area contributed by atoms with Gasteiger partial charge in [-0.2, -0.15) is 0 Å². The second kappa shape index (κ2) is 3.88. The number of aromatic amines is 1. The normalized spacial score (nSPS) is 22.8. The van der Waals surface area contributed by atoms with Crippen molar-refractivity contribution in [1.29, 1.82) is 0 Å². The summed E-state index contributed by atoms with van der Waals surface area (Å²) in [5.41, 5.74) is 1.47. The van der Waals surface area contributed by atoms with Crippen molar-refractivity contribution in [3.63, 3.8) is 0 Å². The van der Waals surface area contributed by atoms with E-state index in [0.29, 0.717) is 5.56 Å². The molecule has 3 rings (SSSR count). The molecule has 1 aliphatic heterocycles. The monoisotopic (exact) mass is 249 g/mol. The molecule has 5 heteroatoms. The molecule has 2 aromatic rings. The van der Waals surface area contributed by atoms with E-state index in [4.69, 9.17) is 0 Å². The first-order valence-electron chi connectivity index (χ1n) is 5.84. The van der Waals surface area contributed by atoms with Gasteiger partial charge >= 0.3 is 0 Å². The summed E-state index contributed by atoms with van der Waals surface area (Å²) in [5, 5.41) is 3.27. The van der Waals surface area contributed by atoms with Crippen molar-refractivity contribution in [1.82, 2.24) is 15.3 Å². The van der Waals surface area contributed by atoms with E-state index in [1.54, 1.807) is 6.33 Å². The number of nitrogens with one attached hydrogen (secondary N) is 2. The third-order valence-electron chi connectivity index (χ3n) is 3.52. The van der Waals surface area contributed by atoms with Crippen molar-refractivity contribution in [3.8, 4) is 0 Å². The smallest absolute Gasteiger partial charge is 0.131 e. The molecular formula is C13H13F2N3. The maximum absolute atomic E-state index is 14.0. The van der Waals surface area contributed by atoms with Crippen LogP contribution in [-0.4, -0.2) is 16.5 Å². The zero-order chi connectivity index (χ0) is 12.8. The molecule has 0 fully saturated rings. The van der Waals surface area contributed by atoms with Gasteiger partial charge in [-0.1, -0.05) is 6.07 Å². The minimum Gasteiger partial charge on any atom is -0.348 e. The molecule has 0 aliphatic carbocycles. The summed E-state index contributed by atoms with van der Waals surface area (Å²) in [6, 6.07) is 3.65. The highest BCUT2D eigenvalue weighted by Gasteiger charge is 2.37. The maximum atomic E-state index is 14.0. The molecule has 0 radical (unpaired) electrons. The summed E-state index contributed by atoms with van der Waals surface area (Å²) in [7, 11) is 0. The minimum atomic E-state index is -0.717. The quantitative estimate of drug-likeness (QED) is 0.812. The highest BCUT2D eigenvalue weighted by atomic mass is 19.1. The van der Waals surface area contributed by atoms with Gasteiger partial charge in [-0.05, 0) is 13.0 Å². The molecular weight excluding hydrogens is 236 g/mol. The van der Waals surface area contributed by atoms with Gasteiger partial charge < -0.3 is 10.3 Å². The molecule has 1 unspecified atom stereocenters. The molecule has 2 N–H and O–H groups in total. The number of hydrogen-bond acceptors (Lipinski definition) is 2. The predicted octanol–water partition coefficient (Wildman–Crippen LogP) is 2.10. The van der Waals surface area contributed by atoms with Crippen LogP contribution in [0.5, 0.6) is 0 Å². The Bertz CT molecular complexity index is 594. The number of benzene rings is 1. The topological polar surface area (TPSA) is 40.7 Å². The molecule has 1 atom stereocenters. The van der Waals surface area contributed by atoms with E-state index in [-0.39, 0.29) is 0 Å². The lowest BCUT2D eigenvalue weighted by Gasteiger charge is -2.34. The van der Waals surface area contributed by atoms with Crippen LogP contribution >= 0.6 is 0 Å². The van der Waals surface area contributed by atoms with E-state index >= 15 is 0 Å². The number of nitrogens with zero attached hydrogens (tertiary/aromatic N) is 1. The van der Waals surface area contributed by atoms with E-state index in [1.807, 2.05) is 6.92 Å². The van der Waals surface area contributed by atoms with Crippen molar-refractivity contribution in [3.05, 3.63) is 53.1 Å². The third kappa shape index (κ3) is 1.54. The summed E-state index contributed by atoms with van der Waals surface area (Å²) in [5.74, 6) is -1.13. The van der Waals surface area contributed by atoms with Crippen LogP contribution in [0.2, 0.25) is 0 Å². The number of fused-ring (bicyclic) bond motifs is 1. The number of rotatable bonds is 1. The van der Waals surface area contributed by atoms with Gasteiger partial charge in [0, 0.05) is 30.3 Å². The van der Waals surface area contributed by atoms with E-state index in [0.717, 1.165) is 30.4 Å². The Morgan fingerprint density at radius 2 is 2.17 bits per heavy atom. The number of halogens is 2. The Morgan fingerprint density at radius 3 is 2.94 bits per heavy atom. The van der Waals surface area contributed by atoms with E-state index < -0.39 is 17.2 Å². The number of hydrogen-bond donors (Lipinski definition) is 2. The molecule has 1 aromatic heterocycles. The van der Waals surface area contributed by atoms with Crippen LogP contribution < -0.4 is 5.32 Å². The van der Waals surface area contributed by atoms with E-state index in [2.05, 4.69) is 15.3 Å². The van der Waals surface area contributed by atoms with Crippen LogP contribution in [0, 0.1) is 11.6 Å². The molecule has 0 amide bonds. The fourth-order valence-corrected chi connectivity index (χ4v) is 2.58. The first kappa shape index (κ1) is 11.3. The summed E-state index contributed by atoms with van der Waals surface area (Å²) in [6.45, 7) is 2.59. The average Bonchev–Trinajstić information content (AvgIpc) is 2.78. The van der Waals surface area contributed by atoms with Crippen molar-refractivity contribution in [2.75, 3.05) is 6.54 Å². The number of H-pyrrole nitrogens is 1. The Labute approximate surface area is 103 Å². The zero-order valence-electron chi connectivity index (χ0n) is 9.93. The molecule has 0 saturated carbocycles. The van der Waals surface area contributed by atoms with Gasteiger partial charge in [-0.25, -0.2) is 13.8 Å². The molecule has 94 valence electrons. The van der Waals surface area contributed by atoms with Gasteiger partial charge in [0.05, 0.1) is 17.6 Å². The molecule has 0 bridgehead atoms. The van der Waals surface area contributed by atoms with Crippen LogP contribution in [0.1, 0.15) is 23.9 Å². The Hall–Kier alpha value is -1.75. The van der Waals surface area contributed by atoms with Gasteiger partial charge in [0.2, 0.25) is 0 Å². The fraction of sp³-hybridized carbons (Fsp3) is 0.308. The maximum Gasteiger partial charge on any atom is 0.131 e. The number of aromatic nitrogens is 2. The summed E-state index contributed by atoms with van der Waals surface area (Å²) in [6.07, 6.45) is 2.44. The van der Waals surface area contributed by atoms with E-state index in [1.165, 1.54) is 12.1 Å². The second-order valence-electron chi connectivity index (χ2n) is 4.66.